The third kappa shape index (κ3) is 5.32. The van der Waals surface area contributed by atoms with Gasteiger partial charge < -0.3 is 10.1 Å². The van der Waals surface area contributed by atoms with E-state index >= 15 is 0 Å². The number of halogens is 2. The van der Waals surface area contributed by atoms with Crippen molar-refractivity contribution in [1.82, 2.24) is 10.3 Å². The van der Waals surface area contributed by atoms with E-state index in [4.69, 9.17) is 4.74 Å². The molecular weight excluding hydrogens is 290 g/mol. The van der Waals surface area contributed by atoms with E-state index in [1.165, 1.54) is 6.08 Å². The van der Waals surface area contributed by atoms with Gasteiger partial charge in [-0.15, -0.1) is 0 Å². The molecule has 0 aliphatic carbocycles. The Labute approximate surface area is 126 Å². The van der Waals surface area contributed by atoms with Crippen molar-refractivity contribution < 1.29 is 18.3 Å². The minimum absolute atomic E-state index is 0.178. The van der Waals surface area contributed by atoms with E-state index in [0.29, 0.717) is 5.56 Å². The van der Waals surface area contributed by atoms with Gasteiger partial charge in [0.25, 0.3) is 0 Å². The Kier molecular flexibility index (Phi) is 5.59. The maximum atomic E-state index is 12.9. The third-order valence-electron chi connectivity index (χ3n) is 2.67. The van der Waals surface area contributed by atoms with Crippen LogP contribution in [0.25, 0.3) is 6.08 Å². The van der Waals surface area contributed by atoms with Crippen LogP contribution in [0.1, 0.15) is 11.1 Å². The molecule has 0 saturated heterocycles. The summed E-state index contributed by atoms with van der Waals surface area (Å²) in [5, 5.41) is 2.50. The fourth-order valence-corrected chi connectivity index (χ4v) is 1.69. The molecule has 2 aromatic rings. The molecule has 6 heteroatoms. The summed E-state index contributed by atoms with van der Waals surface area (Å²) >= 11 is 0. The van der Waals surface area contributed by atoms with Gasteiger partial charge in [-0.3, -0.25) is 0 Å². The molecule has 1 aromatic heterocycles. The number of carbonyl (C=O) groups excluding carboxylic acids is 1. The zero-order valence-corrected chi connectivity index (χ0v) is 11.6. The molecule has 2 rings (SSSR count). The highest BCUT2D eigenvalue weighted by Gasteiger charge is 2.01. The highest BCUT2D eigenvalue weighted by atomic mass is 19.1. The number of amides is 1. The van der Waals surface area contributed by atoms with Crippen LogP contribution in [0.5, 0.6) is 0 Å². The molecule has 0 atom stereocenters. The summed E-state index contributed by atoms with van der Waals surface area (Å²) < 4.78 is 30.7. The molecule has 0 fully saturated rings. The first kappa shape index (κ1) is 15.6. The van der Waals surface area contributed by atoms with Crippen molar-refractivity contribution in [2.24, 2.45) is 0 Å². The van der Waals surface area contributed by atoms with E-state index in [9.17, 15) is 13.6 Å². The van der Waals surface area contributed by atoms with Crippen LogP contribution in [0.2, 0.25) is 0 Å². The minimum atomic E-state index is -0.894. The Morgan fingerprint density at radius 1 is 1.18 bits per heavy atom. The van der Waals surface area contributed by atoms with Crippen LogP contribution in [-0.4, -0.2) is 17.6 Å². The summed E-state index contributed by atoms with van der Waals surface area (Å²) in [5.74, 6) is -1.79. The number of ether oxygens (including phenoxy) is 1. The fourth-order valence-electron chi connectivity index (χ4n) is 1.69. The highest BCUT2D eigenvalue weighted by Crippen LogP contribution is 2.06. The maximum Gasteiger partial charge on any atom is 0.407 e. The number of alkyl carbamates (subject to hydrolysis) is 1. The second-order valence-electron chi connectivity index (χ2n) is 4.39. The lowest BCUT2D eigenvalue weighted by atomic mass is 10.2. The van der Waals surface area contributed by atoms with Crippen LogP contribution in [0.15, 0.2) is 48.5 Å². The van der Waals surface area contributed by atoms with Gasteiger partial charge in [-0.25, -0.2) is 4.79 Å². The van der Waals surface area contributed by atoms with Gasteiger partial charge in [0.05, 0.1) is 0 Å². The predicted molar refractivity (Wildman–Crippen MR) is 77.8 cm³/mol. The van der Waals surface area contributed by atoms with Gasteiger partial charge in [-0.1, -0.05) is 42.5 Å². The molecule has 0 unspecified atom stereocenters. The van der Waals surface area contributed by atoms with Crippen LogP contribution in [0.3, 0.4) is 0 Å². The van der Waals surface area contributed by atoms with Crippen molar-refractivity contribution in [2.45, 2.75) is 6.61 Å². The van der Waals surface area contributed by atoms with E-state index in [-0.39, 0.29) is 13.2 Å². The SMILES string of the molecule is O=C(NCC=Cc1cc(F)nc(F)c1)OCc1ccccc1. The Balaban J connectivity index is 1.73. The van der Waals surface area contributed by atoms with Crippen molar-refractivity contribution in [3.63, 3.8) is 0 Å². The third-order valence-corrected chi connectivity index (χ3v) is 2.67. The fraction of sp³-hybridized carbons (Fsp3) is 0.125. The number of carbonyl (C=O) groups is 1. The Bertz CT molecular complexity index is 640. The van der Waals surface area contributed by atoms with Crippen LogP contribution < -0.4 is 5.32 Å². The summed E-state index contributed by atoms with van der Waals surface area (Å²) in [6, 6.07) is 11.5. The minimum Gasteiger partial charge on any atom is -0.445 e. The second-order valence-corrected chi connectivity index (χ2v) is 4.39. The average molecular weight is 304 g/mol. The summed E-state index contributed by atoms with van der Waals surface area (Å²) in [5.41, 5.74) is 1.21. The molecular formula is C16H14F2N2O2. The number of pyridine rings is 1. The lowest BCUT2D eigenvalue weighted by Crippen LogP contribution is -2.24. The van der Waals surface area contributed by atoms with Crippen molar-refractivity contribution in [2.75, 3.05) is 6.54 Å². The van der Waals surface area contributed by atoms with Gasteiger partial charge in [-0.2, -0.15) is 13.8 Å². The van der Waals surface area contributed by atoms with E-state index in [2.05, 4.69) is 10.3 Å². The zero-order chi connectivity index (χ0) is 15.8. The van der Waals surface area contributed by atoms with E-state index in [1.54, 1.807) is 6.08 Å². The maximum absolute atomic E-state index is 12.9. The van der Waals surface area contributed by atoms with Crippen molar-refractivity contribution in [3.05, 3.63) is 71.6 Å². The standard InChI is InChI=1S/C16H14F2N2O2/c17-14-9-13(10-15(18)20-14)7-4-8-19-16(21)22-11-12-5-2-1-3-6-12/h1-7,9-10H,8,11H2,(H,19,21). The number of nitrogens with zero attached hydrogens (tertiary/aromatic N) is 1. The van der Waals surface area contributed by atoms with Gasteiger partial charge in [0.15, 0.2) is 0 Å². The second kappa shape index (κ2) is 7.87. The average Bonchev–Trinajstić information content (AvgIpc) is 2.50. The van der Waals surface area contributed by atoms with Gasteiger partial charge in [0.1, 0.15) is 6.61 Å². The first-order valence-corrected chi connectivity index (χ1v) is 6.57. The molecule has 0 spiro atoms. The predicted octanol–water partition coefficient (Wildman–Crippen LogP) is 3.30. The quantitative estimate of drug-likeness (QED) is 0.862. The molecule has 1 aromatic carbocycles. The summed E-state index contributed by atoms with van der Waals surface area (Å²) in [7, 11) is 0. The molecule has 0 bridgehead atoms. The van der Waals surface area contributed by atoms with E-state index in [1.807, 2.05) is 30.3 Å². The molecule has 4 nitrogen and oxygen atoms in total. The molecule has 114 valence electrons. The number of rotatable bonds is 5. The van der Waals surface area contributed by atoms with Gasteiger partial charge in [-0.05, 0) is 11.1 Å². The highest BCUT2D eigenvalue weighted by molar-refractivity contribution is 5.67. The number of hydrogen-bond donors (Lipinski definition) is 1. The normalized spacial score (nSPS) is 10.6. The molecule has 0 aliphatic heterocycles. The first-order valence-electron chi connectivity index (χ1n) is 6.57. The molecule has 1 heterocycles. The topological polar surface area (TPSA) is 51.2 Å². The van der Waals surface area contributed by atoms with Crippen molar-refractivity contribution in [1.29, 1.82) is 0 Å². The Morgan fingerprint density at radius 2 is 1.86 bits per heavy atom. The van der Waals surface area contributed by atoms with Crippen LogP contribution >= 0.6 is 0 Å². The summed E-state index contributed by atoms with van der Waals surface area (Å²) in [6.07, 6.45) is 2.46. The smallest absolute Gasteiger partial charge is 0.407 e. The molecule has 1 amide bonds. The van der Waals surface area contributed by atoms with Crippen LogP contribution in [0, 0.1) is 11.9 Å². The molecule has 1 N–H and O–H groups in total. The van der Waals surface area contributed by atoms with Crippen molar-refractivity contribution in [3.8, 4) is 0 Å². The molecule has 0 aliphatic rings. The Morgan fingerprint density at radius 3 is 2.55 bits per heavy atom. The monoisotopic (exact) mass is 304 g/mol. The first-order chi connectivity index (χ1) is 10.6. The lowest BCUT2D eigenvalue weighted by molar-refractivity contribution is 0.141. The number of hydrogen-bond acceptors (Lipinski definition) is 3. The van der Waals surface area contributed by atoms with Gasteiger partial charge >= 0.3 is 6.09 Å². The van der Waals surface area contributed by atoms with Gasteiger partial charge in [0, 0.05) is 18.7 Å². The molecule has 22 heavy (non-hydrogen) atoms. The molecule has 0 radical (unpaired) electrons. The van der Waals surface area contributed by atoms with Gasteiger partial charge in [0.2, 0.25) is 11.9 Å². The largest absolute Gasteiger partial charge is 0.445 e. The van der Waals surface area contributed by atoms with Crippen LogP contribution in [-0.2, 0) is 11.3 Å². The summed E-state index contributed by atoms with van der Waals surface area (Å²) in [6.45, 7) is 0.357. The zero-order valence-electron chi connectivity index (χ0n) is 11.6. The summed E-state index contributed by atoms with van der Waals surface area (Å²) in [4.78, 5) is 14.4. The van der Waals surface area contributed by atoms with E-state index in [0.717, 1.165) is 17.7 Å². The number of aromatic nitrogens is 1. The number of nitrogens with one attached hydrogen (secondary N) is 1. The lowest BCUT2D eigenvalue weighted by Gasteiger charge is -2.05. The molecule has 0 saturated carbocycles. The Hall–Kier alpha value is -2.76. The van der Waals surface area contributed by atoms with E-state index < -0.39 is 18.0 Å². The number of benzene rings is 1. The van der Waals surface area contributed by atoms with Crippen LogP contribution in [0.4, 0.5) is 13.6 Å². The van der Waals surface area contributed by atoms with Crippen molar-refractivity contribution >= 4 is 12.2 Å².